The summed E-state index contributed by atoms with van der Waals surface area (Å²) in [4.78, 5) is 46.4. The highest BCUT2D eigenvalue weighted by atomic mass is 32.1. The average molecular weight is 470 g/mol. The van der Waals surface area contributed by atoms with Crippen LogP contribution in [0.25, 0.3) is 20.8 Å². The highest BCUT2D eigenvalue weighted by Gasteiger charge is 2.27. The molecule has 4 heterocycles. The minimum absolute atomic E-state index is 0.171. The van der Waals surface area contributed by atoms with E-state index in [0.717, 1.165) is 20.0 Å². The van der Waals surface area contributed by atoms with Crippen molar-refractivity contribution >= 4 is 38.9 Å². The molecule has 166 valence electrons. The Morgan fingerprint density at radius 2 is 1.94 bits per heavy atom. The fourth-order valence-electron chi connectivity index (χ4n) is 3.61. The van der Waals surface area contributed by atoms with E-state index in [0.29, 0.717) is 16.1 Å². The molecule has 0 unspecified atom stereocenters. The van der Waals surface area contributed by atoms with Gasteiger partial charge in [0.1, 0.15) is 4.83 Å². The lowest BCUT2D eigenvalue weighted by atomic mass is 10.1. The van der Waals surface area contributed by atoms with Gasteiger partial charge in [-0.05, 0) is 45.0 Å². The monoisotopic (exact) mass is 469 g/mol. The fraction of sp³-hybridized carbons (Fsp3) is 0.304. The summed E-state index contributed by atoms with van der Waals surface area (Å²) in [6, 6.07) is 9.59. The summed E-state index contributed by atoms with van der Waals surface area (Å²) < 4.78 is 7.93. The zero-order valence-electron chi connectivity index (χ0n) is 18.2. The van der Waals surface area contributed by atoms with Crippen LogP contribution in [-0.2, 0) is 18.2 Å². The molecule has 0 aliphatic carbocycles. The van der Waals surface area contributed by atoms with Gasteiger partial charge >= 0.3 is 11.7 Å². The minimum atomic E-state index is -0.540. The predicted molar refractivity (Wildman–Crippen MR) is 128 cm³/mol. The molecule has 0 aliphatic rings. The van der Waals surface area contributed by atoms with E-state index < -0.39 is 17.2 Å². The minimum Gasteiger partial charge on any atom is -0.462 e. The molecule has 0 N–H and O–H groups in total. The largest absolute Gasteiger partial charge is 0.462 e. The maximum atomic E-state index is 13.1. The second-order valence-corrected chi connectivity index (χ2v) is 9.82. The van der Waals surface area contributed by atoms with Crippen LogP contribution in [0.4, 0.5) is 0 Å². The SMILES string of the molecule is CCOC(=O)c1c(Cc2ccc(-c3ccccn3)s2)sc2c1c(=O)n(C)c(=O)n2C(C)C. The summed E-state index contributed by atoms with van der Waals surface area (Å²) in [5.41, 5.74) is 0.268. The van der Waals surface area contributed by atoms with E-state index in [2.05, 4.69) is 4.98 Å². The third-order valence-corrected chi connectivity index (χ3v) is 7.40. The lowest BCUT2D eigenvalue weighted by Gasteiger charge is -2.12. The highest BCUT2D eigenvalue weighted by molar-refractivity contribution is 7.19. The third kappa shape index (κ3) is 3.82. The zero-order valence-corrected chi connectivity index (χ0v) is 19.9. The molecule has 0 bridgehead atoms. The molecule has 9 heteroatoms. The number of fused-ring (bicyclic) bond motifs is 1. The van der Waals surface area contributed by atoms with Gasteiger partial charge < -0.3 is 4.74 Å². The van der Waals surface area contributed by atoms with Crippen LogP contribution in [0.5, 0.6) is 0 Å². The highest BCUT2D eigenvalue weighted by Crippen LogP contribution is 2.35. The number of nitrogens with zero attached hydrogens (tertiary/aromatic N) is 3. The molecule has 0 aliphatic heterocycles. The number of aromatic nitrogens is 3. The molecule has 0 saturated carbocycles. The third-order valence-electron chi connectivity index (χ3n) is 5.10. The van der Waals surface area contributed by atoms with E-state index >= 15 is 0 Å². The molecule has 32 heavy (non-hydrogen) atoms. The molecule has 0 amide bonds. The van der Waals surface area contributed by atoms with E-state index in [1.165, 1.54) is 18.4 Å². The van der Waals surface area contributed by atoms with Gasteiger partial charge in [0.05, 0.1) is 28.1 Å². The smallest absolute Gasteiger partial charge is 0.340 e. The van der Waals surface area contributed by atoms with E-state index in [-0.39, 0.29) is 23.6 Å². The molecule has 7 nitrogen and oxygen atoms in total. The normalized spacial score (nSPS) is 11.4. The number of carbonyl (C=O) groups excluding carboxylic acids is 1. The number of hydrogen-bond donors (Lipinski definition) is 0. The van der Waals surface area contributed by atoms with Crippen LogP contribution in [0.15, 0.2) is 46.1 Å². The first kappa shape index (κ1) is 22.2. The molecular weight excluding hydrogens is 446 g/mol. The standard InChI is InChI=1S/C23H23N3O4S2/c1-5-30-22(28)18-17(12-14-9-10-16(31-14)15-8-6-7-11-24-15)32-21-19(18)20(27)25(4)23(29)26(21)13(2)3/h6-11,13H,5,12H2,1-4H3. The number of rotatable bonds is 6. The van der Waals surface area contributed by atoms with Crippen LogP contribution >= 0.6 is 22.7 Å². The van der Waals surface area contributed by atoms with Crippen LogP contribution < -0.4 is 11.2 Å². The Morgan fingerprint density at radius 3 is 2.59 bits per heavy atom. The van der Waals surface area contributed by atoms with Crippen molar-refractivity contribution in [3.05, 3.63) is 72.7 Å². The molecule has 4 aromatic heterocycles. The van der Waals surface area contributed by atoms with Crippen molar-refractivity contribution in [2.45, 2.75) is 33.2 Å². The van der Waals surface area contributed by atoms with E-state index in [9.17, 15) is 14.4 Å². The van der Waals surface area contributed by atoms with Crippen LogP contribution in [0.3, 0.4) is 0 Å². The molecule has 0 aromatic carbocycles. The number of ether oxygens (including phenoxy) is 1. The predicted octanol–water partition coefficient (Wildman–Crippen LogP) is 4.23. The van der Waals surface area contributed by atoms with Crippen molar-refractivity contribution in [2.75, 3.05) is 6.61 Å². The molecule has 0 fully saturated rings. The van der Waals surface area contributed by atoms with Gasteiger partial charge in [-0.25, -0.2) is 9.59 Å². The van der Waals surface area contributed by atoms with Gasteiger partial charge in [0.15, 0.2) is 0 Å². The van der Waals surface area contributed by atoms with Crippen molar-refractivity contribution in [2.24, 2.45) is 7.05 Å². The Morgan fingerprint density at radius 1 is 1.16 bits per heavy atom. The lowest BCUT2D eigenvalue weighted by Crippen LogP contribution is -2.38. The molecule has 0 spiro atoms. The number of pyridine rings is 1. The number of esters is 1. The number of hydrogen-bond acceptors (Lipinski definition) is 7. The van der Waals surface area contributed by atoms with Crippen molar-refractivity contribution in [1.29, 1.82) is 0 Å². The summed E-state index contributed by atoms with van der Waals surface area (Å²) in [5.74, 6) is -0.540. The van der Waals surface area contributed by atoms with Crippen molar-refractivity contribution in [3.8, 4) is 10.6 Å². The molecule has 0 saturated heterocycles. The Hall–Kier alpha value is -3.04. The first-order chi connectivity index (χ1) is 15.3. The average Bonchev–Trinajstić information content (AvgIpc) is 3.38. The Balaban J connectivity index is 1.90. The Kier molecular flexibility index (Phi) is 6.12. The van der Waals surface area contributed by atoms with Crippen molar-refractivity contribution in [1.82, 2.24) is 14.1 Å². The first-order valence-electron chi connectivity index (χ1n) is 10.3. The van der Waals surface area contributed by atoms with Crippen LogP contribution in [0.2, 0.25) is 0 Å². The molecule has 4 aromatic rings. The van der Waals surface area contributed by atoms with Crippen LogP contribution in [0.1, 0.15) is 46.9 Å². The molecule has 4 rings (SSSR count). The zero-order chi connectivity index (χ0) is 23.0. The van der Waals surface area contributed by atoms with Gasteiger partial charge in [0.25, 0.3) is 5.56 Å². The van der Waals surface area contributed by atoms with Gasteiger partial charge in [-0.3, -0.25) is 18.9 Å². The Bertz CT molecular complexity index is 1410. The van der Waals surface area contributed by atoms with Gasteiger partial charge in [0.2, 0.25) is 0 Å². The van der Waals surface area contributed by atoms with Crippen LogP contribution in [-0.4, -0.2) is 26.7 Å². The molecular formula is C23H23N3O4S2. The Labute approximate surface area is 192 Å². The van der Waals surface area contributed by atoms with E-state index in [1.807, 2.05) is 44.2 Å². The van der Waals surface area contributed by atoms with Crippen LogP contribution in [0, 0.1) is 0 Å². The lowest BCUT2D eigenvalue weighted by molar-refractivity contribution is 0.0528. The van der Waals surface area contributed by atoms with Crippen molar-refractivity contribution < 1.29 is 9.53 Å². The maximum Gasteiger partial charge on any atom is 0.340 e. The summed E-state index contributed by atoms with van der Waals surface area (Å²) in [5, 5.41) is 0.251. The topological polar surface area (TPSA) is 83.2 Å². The summed E-state index contributed by atoms with van der Waals surface area (Å²) in [7, 11) is 1.44. The quantitative estimate of drug-likeness (QED) is 0.395. The second kappa shape index (κ2) is 8.84. The fourth-order valence-corrected chi connectivity index (χ4v) is 6.13. The summed E-state index contributed by atoms with van der Waals surface area (Å²) in [6.07, 6.45) is 2.21. The second-order valence-electron chi connectivity index (χ2n) is 7.57. The number of thiophene rings is 2. The summed E-state index contributed by atoms with van der Waals surface area (Å²) >= 11 is 2.90. The van der Waals surface area contributed by atoms with Gasteiger partial charge in [-0.15, -0.1) is 22.7 Å². The number of carbonyl (C=O) groups is 1. The van der Waals surface area contributed by atoms with Gasteiger partial charge in [0, 0.05) is 35.5 Å². The van der Waals surface area contributed by atoms with Crippen molar-refractivity contribution in [3.63, 3.8) is 0 Å². The van der Waals surface area contributed by atoms with Gasteiger partial charge in [-0.2, -0.15) is 0 Å². The first-order valence-corrected chi connectivity index (χ1v) is 11.9. The van der Waals surface area contributed by atoms with E-state index in [1.54, 1.807) is 29.0 Å². The maximum absolute atomic E-state index is 13.1. The molecule has 0 radical (unpaired) electrons. The molecule has 0 atom stereocenters. The van der Waals surface area contributed by atoms with E-state index in [4.69, 9.17) is 4.74 Å². The summed E-state index contributed by atoms with van der Waals surface area (Å²) in [6.45, 7) is 5.69. The van der Waals surface area contributed by atoms with Gasteiger partial charge in [-0.1, -0.05) is 6.07 Å².